The molecule has 1 aliphatic carbocycles. The highest BCUT2D eigenvalue weighted by molar-refractivity contribution is 7.80. The Labute approximate surface area is 211 Å². The first-order chi connectivity index (χ1) is 16.8. The largest absolute Gasteiger partial charge is 0.508 e. The first-order valence-electron chi connectivity index (χ1n) is 12.3. The van der Waals surface area contributed by atoms with E-state index in [9.17, 15) is 19.8 Å². The molecular formula is C27H34N2O5S. The van der Waals surface area contributed by atoms with E-state index < -0.39 is 23.2 Å². The van der Waals surface area contributed by atoms with Crippen molar-refractivity contribution >= 4 is 28.8 Å². The van der Waals surface area contributed by atoms with Crippen LogP contribution in [0.4, 0.5) is 0 Å². The van der Waals surface area contributed by atoms with Crippen LogP contribution in [0.5, 0.6) is 5.75 Å². The smallest absolute Gasteiger partial charge is 0.228 e. The normalized spacial score (nSPS) is 18.1. The Balaban J connectivity index is 1.76. The molecule has 2 aliphatic rings. The number of aliphatic hydroxyl groups is 1. The van der Waals surface area contributed by atoms with Gasteiger partial charge in [-0.3, -0.25) is 9.59 Å². The maximum atomic E-state index is 13.3. The molecule has 0 fully saturated rings. The third-order valence-electron chi connectivity index (χ3n) is 6.55. The number of aliphatic hydroxyl groups excluding tert-OH is 1. The standard InChI is InChI=1S/C27H34N2O5S/c1-2-3-4-5-6-7-8-9-10-11-18-22(31)24(33)20-19(16-12-14-17(30)15-13-16)21(27(29)35)26(28)34-25(20)23(18)32/h12-15,19,30-31H,2-11,28H2,1H3,(H2,29,35). The SMILES string of the molecule is CCCCCCCCCCCC1=C(O)C(=O)C2=C(OC(N)=C(C(N)=S)C2c2ccc(O)cc2)C1=O. The second-order valence-electron chi connectivity index (χ2n) is 9.08. The van der Waals surface area contributed by atoms with Gasteiger partial charge in [-0.1, -0.05) is 82.6 Å². The van der Waals surface area contributed by atoms with Crippen LogP contribution < -0.4 is 11.5 Å². The monoisotopic (exact) mass is 498 g/mol. The van der Waals surface area contributed by atoms with Crippen molar-refractivity contribution in [3.05, 3.63) is 63.9 Å². The molecule has 0 aromatic heterocycles. The number of phenols is 1. The first kappa shape index (κ1) is 26.5. The van der Waals surface area contributed by atoms with Gasteiger partial charge in [-0.25, -0.2) is 0 Å². The molecule has 0 saturated heterocycles. The molecule has 188 valence electrons. The Morgan fingerprint density at radius 2 is 1.51 bits per heavy atom. The van der Waals surface area contributed by atoms with Gasteiger partial charge in [-0.05, 0) is 30.5 Å². The van der Waals surface area contributed by atoms with Gasteiger partial charge in [-0.15, -0.1) is 0 Å². The fourth-order valence-corrected chi connectivity index (χ4v) is 4.88. The number of hydrogen-bond acceptors (Lipinski definition) is 7. The Bertz CT molecular complexity index is 1090. The molecule has 6 N–H and O–H groups in total. The Morgan fingerprint density at radius 1 is 0.943 bits per heavy atom. The van der Waals surface area contributed by atoms with Crippen LogP contribution in [0, 0.1) is 0 Å². The second kappa shape index (κ2) is 12.0. The minimum Gasteiger partial charge on any atom is -0.508 e. The zero-order valence-corrected chi connectivity index (χ0v) is 21.0. The number of Topliss-reactive ketones (excluding diaryl/α,β-unsaturated/α-hetero) is 2. The maximum Gasteiger partial charge on any atom is 0.228 e. The number of thiocarbonyl (C=S) groups is 1. The van der Waals surface area contributed by atoms with Crippen molar-refractivity contribution in [3.8, 4) is 5.75 Å². The van der Waals surface area contributed by atoms with Gasteiger partial charge in [-0.2, -0.15) is 0 Å². The van der Waals surface area contributed by atoms with Gasteiger partial charge < -0.3 is 26.4 Å². The lowest BCUT2D eigenvalue weighted by Gasteiger charge is -2.32. The summed E-state index contributed by atoms with van der Waals surface area (Å²) < 4.78 is 5.60. The van der Waals surface area contributed by atoms with E-state index in [2.05, 4.69) is 6.92 Å². The van der Waals surface area contributed by atoms with Gasteiger partial charge in [0.05, 0.1) is 17.1 Å². The summed E-state index contributed by atoms with van der Waals surface area (Å²) in [5, 5.41) is 20.4. The quantitative estimate of drug-likeness (QED) is 0.177. The van der Waals surface area contributed by atoms with Crippen molar-refractivity contribution in [2.75, 3.05) is 0 Å². The molecule has 0 radical (unpaired) electrons. The average Bonchev–Trinajstić information content (AvgIpc) is 2.83. The molecule has 1 unspecified atom stereocenters. The third-order valence-corrected chi connectivity index (χ3v) is 6.77. The van der Waals surface area contributed by atoms with Crippen molar-refractivity contribution in [3.63, 3.8) is 0 Å². The summed E-state index contributed by atoms with van der Waals surface area (Å²) in [5.41, 5.74) is 12.7. The number of phenolic OH excluding ortho intramolecular Hbond substituents is 1. The van der Waals surface area contributed by atoms with Crippen LogP contribution in [0.1, 0.15) is 82.6 Å². The summed E-state index contributed by atoms with van der Waals surface area (Å²) in [7, 11) is 0. The van der Waals surface area contributed by atoms with Crippen molar-refractivity contribution < 1.29 is 24.5 Å². The number of carbonyl (C=O) groups excluding carboxylic acids is 2. The molecule has 0 spiro atoms. The van der Waals surface area contributed by atoms with Crippen LogP contribution >= 0.6 is 12.2 Å². The Kier molecular flexibility index (Phi) is 9.09. The molecular weight excluding hydrogens is 464 g/mol. The molecule has 3 rings (SSSR count). The van der Waals surface area contributed by atoms with Crippen LogP contribution in [0.15, 0.2) is 58.4 Å². The molecule has 1 heterocycles. The number of allylic oxidation sites excluding steroid dienone is 2. The summed E-state index contributed by atoms with van der Waals surface area (Å²) >= 11 is 5.15. The van der Waals surface area contributed by atoms with Gasteiger partial charge in [0.1, 0.15) is 10.7 Å². The number of nitrogens with two attached hydrogens (primary N) is 2. The van der Waals surface area contributed by atoms with Gasteiger partial charge in [0.15, 0.2) is 17.4 Å². The maximum absolute atomic E-state index is 13.3. The number of aromatic hydroxyl groups is 1. The van der Waals surface area contributed by atoms with Gasteiger partial charge in [0.25, 0.3) is 0 Å². The number of ether oxygens (including phenoxy) is 1. The minimum atomic E-state index is -0.898. The third kappa shape index (κ3) is 5.93. The molecule has 1 aliphatic heterocycles. The van der Waals surface area contributed by atoms with Crippen LogP contribution in [0.25, 0.3) is 0 Å². The zero-order chi connectivity index (χ0) is 25.5. The van der Waals surface area contributed by atoms with Crippen molar-refractivity contribution in [1.29, 1.82) is 0 Å². The van der Waals surface area contributed by atoms with Crippen LogP contribution in [0.3, 0.4) is 0 Å². The predicted molar refractivity (Wildman–Crippen MR) is 138 cm³/mol. The topological polar surface area (TPSA) is 136 Å². The highest BCUT2D eigenvalue weighted by atomic mass is 32.1. The fourth-order valence-electron chi connectivity index (χ4n) is 4.66. The fraction of sp³-hybridized carbons (Fsp3) is 0.444. The Morgan fingerprint density at radius 3 is 2.09 bits per heavy atom. The number of rotatable bonds is 12. The summed E-state index contributed by atoms with van der Waals surface area (Å²) in [4.78, 5) is 26.5. The van der Waals surface area contributed by atoms with E-state index >= 15 is 0 Å². The lowest BCUT2D eigenvalue weighted by atomic mass is 9.76. The lowest BCUT2D eigenvalue weighted by Crippen LogP contribution is -2.36. The summed E-state index contributed by atoms with van der Waals surface area (Å²) in [6.07, 6.45) is 10.3. The van der Waals surface area contributed by atoms with E-state index in [1.165, 1.54) is 44.2 Å². The van der Waals surface area contributed by atoms with Gasteiger partial charge >= 0.3 is 0 Å². The van der Waals surface area contributed by atoms with Crippen LogP contribution in [-0.2, 0) is 14.3 Å². The minimum absolute atomic E-state index is 0.0286. The molecule has 1 aromatic rings. The predicted octanol–water partition coefficient (Wildman–Crippen LogP) is 5.10. The molecule has 1 atom stereocenters. The van der Waals surface area contributed by atoms with E-state index in [-0.39, 0.29) is 45.5 Å². The zero-order valence-electron chi connectivity index (χ0n) is 20.1. The van der Waals surface area contributed by atoms with E-state index in [4.69, 9.17) is 28.4 Å². The number of benzene rings is 1. The molecule has 0 bridgehead atoms. The van der Waals surface area contributed by atoms with E-state index in [0.29, 0.717) is 12.0 Å². The molecule has 35 heavy (non-hydrogen) atoms. The average molecular weight is 499 g/mol. The second-order valence-corrected chi connectivity index (χ2v) is 9.52. The number of ketones is 2. The summed E-state index contributed by atoms with van der Waals surface area (Å²) in [6, 6.07) is 6.05. The highest BCUT2D eigenvalue weighted by Gasteiger charge is 2.45. The Hall–Kier alpha value is -3.13. The number of hydrogen-bond donors (Lipinski definition) is 4. The summed E-state index contributed by atoms with van der Waals surface area (Å²) in [6.45, 7) is 2.20. The molecule has 0 amide bonds. The van der Waals surface area contributed by atoms with Crippen molar-refractivity contribution in [2.45, 2.75) is 77.0 Å². The van der Waals surface area contributed by atoms with E-state index in [1.54, 1.807) is 12.1 Å². The van der Waals surface area contributed by atoms with E-state index in [0.717, 1.165) is 19.3 Å². The van der Waals surface area contributed by atoms with Crippen molar-refractivity contribution in [1.82, 2.24) is 0 Å². The van der Waals surface area contributed by atoms with Crippen molar-refractivity contribution in [2.24, 2.45) is 11.5 Å². The number of unbranched alkanes of at least 4 members (excludes halogenated alkanes) is 8. The number of carbonyl (C=O) groups is 2. The highest BCUT2D eigenvalue weighted by Crippen LogP contribution is 2.44. The van der Waals surface area contributed by atoms with Crippen LogP contribution in [0.2, 0.25) is 0 Å². The molecule has 0 saturated carbocycles. The van der Waals surface area contributed by atoms with E-state index in [1.807, 2.05) is 0 Å². The van der Waals surface area contributed by atoms with Gasteiger partial charge in [0.2, 0.25) is 11.6 Å². The molecule has 1 aromatic carbocycles. The lowest BCUT2D eigenvalue weighted by molar-refractivity contribution is -0.120. The molecule has 8 heteroatoms. The van der Waals surface area contributed by atoms with Crippen LogP contribution in [-0.4, -0.2) is 26.8 Å². The molecule has 7 nitrogen and oxygen atoms in total. The first-order valence-corrected chi connectivity index (χ1v) is 12.7. The van der Waals surface area contributed by atoms with Gasteiger partial charge in [0, 0.05) is 5.57 Å². The summed E-state index contributed by atoms with van der Waals surface area (Å²) in [5.74, 6) is -3.04.